The first kappa shape index (κ1) is 9.81. The average molecular weight is 251 g/mol. The third kappa shape index (κ3) is 2.35. The van der Waals surface area contributed by atoms with Gasteiger partial charge in [-0.3, -0.25) is 0 Å². The molecule has 1 rings (SSSR count). The predicted molar refractivity (Wildman–Crippen MR) is 53.0 cm³/mol. The molecule has 2 nitrogen and oxygen atoms in total. The first-order valence-corrected chi connectivity index (χ1v) is 5.12. The highest BCUT2D eigenvalue weighted by atomic mass is 79.9. The van der Waals surface area contributed by atoms with Crippen LogP contribution in [0.25, 0.3) is 0 Å². The monoisotopic (exact) mass is 249 g/mol. The van der Waals surface area contributed by atoms with Gasteiger partial charge >= 0.3 is 0 Å². The van der Waals surface area contributed by atoms with Crippen LogP contribution in [0.5, 0.6) is 5.88 Å². The molecule has 0 aliphatic heterocycles. The Bertz CT molecular complexity index is 267. The molecule has 66 valence electrons. The first-order valence-electron chi connectivity index (χ1n) is 3.62. The van der Waals surface area contributed by atoms with Crippen molar-refractivity contribution in [3.8, 4) is 5.88 Å². The molecule has 0 radical (unpaired) electrons. The number of nitrogens with zero attached hydrogens (tertiary/aromatic N) is 1. The average Bonchev–Trinajstić information content (AvgIpc) is 2.05. The van der Waals surface area contributed by atoms with Crippen molar-refractivity contribution < 1.29 is 4.74 Å². The molecule has 4 heteroatoms. The number of hydrogen-bond donors (Lipinski definition) is 0. The van der Waals surface area contributed by atoms with Crippen LogP contribution in [0.2, 0.25) is 5.15 Å². The van der Waals surface area contributed by atoms with Gasteiger partial charge in [0.05, 0.1) is 6.61 Å². The lowest BCUT2D eigenvalue weighted by Crippen LogP contribution is -1.95. The minimum atomic E-state index is 0.498. The highest BCUT2D eigenvalue weighted by molar-refractivity contribution is 9.08. The normalized spacial score (nSPS) is 9.92. The summed E-state index contributed by atoms with van der Waals surface area (Å²) in [6.07, 6.45) is 0. The van der Waals surface area contributed by atoms with E-state index >= 15 is 0 Å². The van der Waals surface area contributed by atoms with E-state index in [1.54, 1.807) is 0 Å². The summed E-state index contributed by atoms with van der Waals surface area (Å²) in [6, 6.07) is 3.71. The smallest absolute Gasteiger partial charge is 0.214 e. The third-order valence-corrected chi connectivity index (χ3v) is 2.27. The maximum absolute atomic E-state index is 5.84. The van der Waals surface area contributed by atoms with Crippen molar-refractivity contribution in [3.05, 3.63) is 22.8 Å². The molecule has 0 aliphatic rings. The van der Waals surface area contributed by atoms with Gasteiger partial charge in [0.25, 0.3) is 0 Å². The molecule has 0 amide bonds. The van der Waals surface area contributed by atoms with Gasteiger partial charge in [-0.15, -0.1) is 0 Å². The molecule has 0 saturated heterocycles. The van der Waals surface area contributed by atoms with E-state index in [9.17, 15) is 0 Å². The summed E-state index contributed by atoms with van der Waals surface area (Å²) in [7, 11) is 0. The van der Waals surface area contributed by atoms with Gasteiger partial charge in [-0.05, 0) is 13.0 Å². The fourth-order valence-corrected chi connectivity index (χ4v) is 1.60. The zero-order chi connectivity index (χ0) is 8.97. The lowest BCUT2D eigenvalue weighted by atomic mass is 10.3. The Morgan fingerprint density at radius 2 is 2.33 bits per heavy atom. The minimum absolute atomic E-state index is 0.498. The number of halogens is 2. The highest BCUT2D eigenvalue weighted by Gasteiger charge is 2.01. The molecule has 1 aromatic heterocycles. The summed E-state index contributed by atoms with van der Waals surface area (Å²) >= 11 is 9.15. The fourth-order valence-electron chi connectivity index (χ4n) is 0.774. The summed E-state index contributed by atoms with van der Waals surface area (Å²) in [5, 5.41) is 1.21. The van der Waals surface area contributed by atoms with E-state index in [0.717, 1.165) is 5.56 Å². The number of rotatable bonds is 3. The van der Waals surface area contributed by atoms with Crippen LogP contribution in [0.4, 0.5) is 0 Å². The minimum Gasteiger partial charge on any atom is -0.478 e. The van der Waals surface area contributed by atoms with Crippen LogP contribution in [-0.2, 0) is 5.33 Å². The fraction of sp³-hybridized carbons (Fsp3) is 0.375. The van der Waals surface area contributed by atoms with Crippen molar-refractivity contribution in [1.29, 1.82) is 0 Å². The quantitative estimate of drug-likeness (QED) is 0.608. The standard InChI is InChI=1S/C8H9BrClNO/c1-2-12-7-4-3-6(5-9)8(10)11-7/h3-4H,2,5H2,1H3. The number of aromatic nitrogens is 1. The van der Waals surface area contributed by atoms with Crippen molar-refractivity contribution in [2.75, 3.05) is 6.61 Å². The van der Waals surface area contributed by atoms with Crippen LogP contribution in [0.1, 0.15) is 12.5 Å². The molecule has 0 spiro atoms. The van der Waals surface area contributed by atoms with Crippen molar-refractivity contribution >= 4 is 27.5 Å². The van der Waals surface area contributed by atoms with Gasteiger partial charge in [0.15, 0.2) is 0 Å². The van der Waals surface area contributed by atoms with Gasteiger partial charge in [0.1, 0.15) is 5.15 Å². The van der Waals surface area contributed by atoms with Crippen LogP contribution >= 0.6 is 27.5 Å². The van der Waals surface area contributed by atoms with Gasteiger partial charge in [0.2, 0.25) is 5.88 Å². The molecule has 12 heavy (non-hydrogen) atoms. The zero-order valence-corrected chi connectivity index (χ0v) is 9.02. The van der Waals surface area contributed by atoms with E-state index in [4.69, 9.17) is 16.3 Å². The molecular weight excluding hydrogens is 241 g/mol. The van der Waals surface area contributed by atoms with Crippen LogP contribution in [-0.4, -0.2) is 11.6 Å². The molecule has 0 unspecified atom stereocenters. The maximum atomic E-state index is 5.84. The molecule has 0 fully saturated rings. The second kappa shape index (κ2) is 4.67. The van der Waals surface area contributed by atoms with Gasteiger partial charge < -0.3 is 4.74 Å². The van der Waals surface area contributed by atoms with E-state index in [2.05, 4.69) is 20.9 Å². The molecule has 1 aromatic rings. The van der Waals surface area contributed by atoms with Gasteiger partial charge in [0, 0.05) is 17.0 Å². The van der Waals surface area contributed by atoms with Crippen LogP contribution < -0.4 is 4.74 Å². The lowest BCUT2D eigenvalue weighted by Gasteiger charge is -2.03. The summed E-state index contributed by atoms with van der Waals surface area (Å²) in [5.41, 5.74) is 0.972. The summed E-state index contributed by atoms with van der Waals surface area (Å²) in [4.78, 5) is 4.05. The molecule has 0 saturated carbocycles. The molecule has 1 heterocycles. The summed E-state index contributed by atoms with van der Waals surface area (Å²) in [6.45, 7) is 2.52. The van der Waals surface area contributed by atoms with Crippen LogP contribution in [0, 0.1) is 0 Å². The largest absolute Gasteiger partial charge is 0.478 e. The van der Waals surface area contributed by atoms with Gasteiger partial charge in [-0.25, -0.2) is 4.98 Å². The first-order chi connectivity index (χ1) is 5.77. The summed E-state index contributed by atoms with van der Waals surface area (Å²) in [5.74, 6) is 0.576. The van der Waals surface area contributed by atoms with Crippen molar-refractivity contribution in [2.45, 2.75) is 12.3 Å². The Balaban J connectivity index is 2.86. The van der Waals surface area contributed by atoms with E-state index in [0.29, 0.717) is 23.0 Å². The molecular formula is C8H9BrClNO. The molecule has 0 atom stereocenters. The number of alkyl halides is 1. The Morgan fingerprint density at radius 1 is 1.58 bits per heavy atom. The number of hydrogen-bond acceptors (Lipinski definition) is 2. The van der Waals surface area contributed by atoms with Crippen molar-refractivity contribution in [2.24, 2.45) is 0 Å². The van der Waals surface area contributed by atoms with Crippen molar-refractivity contribution in [1.82, 2.24) is 4.98 Å². The van der Waals surface area contributed by atoms with Gasteiger partial charge in [-0.2, -0.15) is 0 Å². The van der Waals surface area contributed by atoms with Crippen LogP contribution in [0.3, 0.4) is 0 Å². The maximum Gasteiger partial charge on any atom is 0.214 e. The molecule has 0 N–H and O–H groups in total. The topological polar surface area (TPSA) is 22.1 Å². The number of pyridine rings is 1. The van der Waals surface area contributed by atoms with E-state index < -0.39 is 0 Å². The Kier molecular flexibility index (Phi) is 3.82. The third-order valence-electron chi connectivity index (χ3n) is 1.34. The van der Waals surface area contributed by atoms with Gasteiger partial charge in [-0.1, -0.05) is 27.5 Å². The Morgan fingerprint density at radius 3 is 2.83 bits per heavy atom. The molecule has 0 bridgehead atoms. The summed E-state index contributed by atoms with van der Waals surface area (Å²) < 4.78 is 5.18. The molecule has 0 aliphatic carbocycles. The van der Waals surface area contributed by atoms with E-state index in [1.165, 1.54) is 0 Å². The highest BCUT2D eigenvalue weighted by Crippen LogP contribution is 2.19. The second-order valence-electron chi connectivity index (χ2n) is 2.17. The Hall–Kier alpha value is -0.280. The van der Waals surface area contributed by atoms with Crippen molar-refractivity contribution in [3.63, 3.8) is 0 Å². The Labute approximate surface area is 85.0 Å². The number of ether oxygens (including phenoxy) is 1. The zero-order valence-electron chi connectivity index (χ0n) is 6.68. The van der Waals surface area contributed by atoms with Crippen LogP contribution in [0.15, 0.2) is 12.1 Å². The lowest BCUT2D eigenvalue weighted by molar-refractivity contribution is 0.327. The molecule has 0 aromatic carbocycles. The predicted octanol–water partition coefficient (Wildman–Crippen LogP) is 3.03. The SMILES string of the molecule is CCOc1ccc(CBr)c(Cl)n1. The van der Waals surface area contributed by atoms with E-state index in [1.807, 2.05) is 19.1 Å². The van der Waals surface area contributed by atoms with E-state index in [-0.39, 0.29) is 0 Å². The second-order valence-corrected chi connectivity index (χ2v) is 3.08.